The number of carbonyl (C=O) groups is 1. The van der Waals surface area contributed by atoms with Crippen LogP contribution in [0.1, 0.15) is 13.3 Å². The molecule has 0 unspecified atom stereocenters. The van der Waals surface area contributed by atoms with Crippen LogP contribution in [0.2, 0.25) is 0 Å². The molecule has 2 aromatic carbocycles. The summed E-state index contributed by atoms with van der Waals surface area (Å²) in [6.07, 6.45) is 0.827. The molecule has 0 aromatic heterocycles. The molecule has 7 nitrogen and oxygen atoms in total. The number of carbonyl (C=O) groups excluding carboxylic acids is 1. The average Bonchev–Trinajstić information content (AvgIpc) is 2.86. The maximum Gasteiger partial charge on any atom is 0.238 e. The van der Waals surface area contributed by atoms with Crippen molar-refractivity contribution >= 4 is 33.4 Å². The highest BCUT2D eigenvalue weighted by Crippen LogP contribution is 2.35. The zero-order chi connectivity index (χ0) is 19.4. The van der Waals surface area contributed by atoms with E-state index in [1.54, 1.807) is 13.0 Å². The largest absolute Gasteiger partial charge is 0.490 e. The van der Waals surface area contributed by atoms with E-state index in [1.807, 2.05) is 18.2 Å². The van der Waals surface area contributed by atoms with Gasteiger partial charge in [0.05, 0.1) is 23.4 Å². The molecule has 0 saturated heterocycles. The molecule has 1 atom stereocenters. The molecular weight excluding hydrogens is 388 g/mol. The number of primary sulfonamides is 1. The van der Waals surface area contributed by atoms with E-state index in [9.17, 15) is 13.2 Å². The van der Waals surface area contributed by atoms with Gasteiger partial charge in [0.2, 0.25) is 15.9 Å². The monoisotopic (exact) mass is 408 g/mol. The standard InChI is InChI=1S/C18H20N2O5S2/c1-12(18(21)20-13-4-2-5-15(10-13)27(19,22)23)26-14-6-7-16-17(11-14)25-9-3-8-24-16/h2,4-7,10-12H,3,8-9H2,1H3,(H,20,21)(H2,19,22,23)/t12-/m1/s1. The van der Waals surface area contributed by atoms with Crippen molar-refractivity contribution in [2.24, 2.45) is 5.14 Å². The van der Waals surface area contributed by atoms with Gasteiger partial charge < -0.3 is 14.8 Å². The molecule has 144 valence electrons. The quantitative estimate of drug-likeness (QED) is 0.737. The minimum Gasteiger partial charge on any atom is -0.490 e. The minimum absolute atomic E-state index is 0.0523. The Morgan fingerprint density at radius 3 is 2.63 bits per heavy atom. The second-order valence-corrected chi connectivity index (χ2v) is 8.96. The number of hydrogen-bond donors (Lipinski definition) is 2. The van der Waals surface area contributed by atoms with E-state index >= 15 is 0 Å². The Morgan fingerprint density at radius 1 is 1.15 bits per heavy atom. The molecule has 0 bridgehead atoms. The van der Waals surface area contributed by atoms with E-state index in [-0.39, 0.29) is 10.8 Å². The third-order valence-electron chi connectivity index (χ3n) is 3.83. The molecule has 0 fully saturated rings. The number of nitrogens with one attached hydrogen (secondary N) is 1. The first-order valence-corrected chi connectivity index (χ1v) is 10.8. The van der Waals surface area contributed by atoms with Crippen molar-refractivity contribution in [3.63, 3.8) is 0 Å². The molecule has 9 heteroatoms. The van der Waals surface area contributed by atoms with Crippen molar-refractivity contribution < 1.29 is 22.7 Å². The van der Waals surface area contributed by atoms with E-state index in [4.69, 9.17) is 14.6 Å². The fourth-order valence-electron chi connectivity index (χ4n) is 2.47. The topological polar surface area (TPSA) is 108 Å². The van der Waals surface area contributed by atoms with Crippen molar-refractivity contribution in [2.75, 3.05) is 18.5 Å². The fraction of sp³-hybridized carbons (Fsp3) is 0.278. The van der Waals surface area contributed by atoms with Gasteiger partial charge in [0, 0.05) is 17.0 Å². The third kappa shape index (κ3) is 5.15. The van der Waals surface area contributed by atoms with Crippen LogP contribution < -0.4 is 19.9 Å². The lowest BCUT2D eigenvalue weighted by Gasteiger charge is -2.14. The SMILES string of the molecule is C[C@@H](Sc1ccc2c(c1)OCCCO2)C(=O)Nc1cccc(S(N)(=O)=O)c1. The van der Waals surface area contributed by atoms with Crippen LogP contribution in [0.5, 0.6) is 11.5 Å². The Balaban J connectivity index is 1.67. The second-order valence-electron chi connectivity index (χ2n) is 5.98. The summed E-state index contributed by atoms with van der Waals surface area (Å²) in [5.74, 6) is 1.12. The Labute approximate surface area is 162 Å². The molecule has 3 N–H and O–H groups in total. The molecule has 0 radical (unpaired) electrons. The van der Waals surface area contributed by atoms with Gasteiger partial charge in [-0.1, -0.05) is 6.07 Å². The molecule has 0 saturated carbocycles. The number of thioether (sulfide) groups is 1. The molecular formula is C18H20N2O5S2. The smallest absolute Gasteiger partial charge is 0.238 e. The van der Waals surface area contributed by atoms with Gasteiger partial charge in [-0.05, 0) is 43.3 Å². The van der Waals surface area contributed by atoms with Crippen LogP contribution >= 0.6 is 11.8 Å². The highest BCUT2D eigenvalue weighted by molar-refractivity contribution is 8.00. The lowest BCUT2D eigenvalue weighted by atomic mass is 10.3. The predicted molar refractivity (Wildman–Crippen MR) is 104 cm³/mol. The molecule has 3 rings (SSSR count). The zero-order valence-electron chi connectivity index (χ0n) is 14.7. The highest BCUT2D eigenvalue weighted by atomic mass is 32.2. The predicted octanol–water partition coefficient (Wildman–Crippen LogP) is 2.61. The van der Waals surface area contributed by atoms with E-state index in [1.165, 1.54) is 30.0 Å². The van der Waals surface area contributed by atoms with Crippen molar-refractivity contribution in [3.05, 3.63) is 42.5 Å². The maximum atomic E-state index is 12.5. The molecule has 1 heterocycles. The van der Waals surface area contributed by atoms with Gasteiger partial charge in [0.25, 0.3) is 0 Å². The van der Waals surface area contributed by atoms with Crippen LogP contribution in [0.25, 0.3) is 0 Å². The van der Waals surface area contributed by atoms with Gasteiger partial charge in [-0.25, -0.2) is 13.6 Å². The van der Waals surface area contributed by atoms with Crippen molar-refractivity contribution in [1.82, 2.24) is 0 Å². The van der Waals surface area contributed by atoms with E-state index in [0.717, 1.165) is 11.3 Å². The van der Waals surface area contributed by atoms with E-state index in [2.05, 4.69) is 5.32 Å². The summed E-state index contributed by atoms with van der Waals surface area (Å²) in [6, 6.07) is 11.4. The number of rotatable bonds is 5. The number of amides is 1. The van der Waals surface area contributed by atoms with Crippen LogP contribution in [-0.4, -0.2) is 32.8 Å². The highest BCUT2D eigenvalue weighted by Gasteiger charge is 2.18. The fourth-order valence-corrected chi connectivity index (χ4v) is 3.92. The first-order valence-electron chi connectivity index (χ1n) is 8.33. The molecule has 0 spiro atoms. The van der Waals surface area contributed by atoms with Crippen molar-refractivity contribution in [1.29, 1.82) is 0 Å². The molecule has 2 aromatic rings. The summed E-state index contributed by atoms with van der Waals surface area (Å²) < 4.78 is 34.1. The van der Waals surface area contributed by atoms with Crippen molar-refractivity contribution in [3.8, 4) is 11.5 Å². The number of anilines is 1. The summed E-state index contributed by atoms with van der Waals surface area (Å²) >= 11 is 1.37. The molecule has 1 amide bonds. The summed E-state index contributed by atoms with van der Waals surface area (Å²) in [7, 11) is -3.82. The Hall–Kier alpha value is -2.23. The van der Waals surface area contributed by atoms with Crippen LogP contribution in [0.15, 0.2) is 52.3 Å². The van der Waals surface area contributed by atoms with Gasteiger partial charge >= 0.3 is 0 Å². The van der Waals surface area contributed by atoms with Crippen LogP contribution in [-0.2, 0) is 14.8 Å². The number of fused-ring (bicyclic) bond motifs is 1. The average molecular weight is 409 g/mol. The van der Waals surface area contributed by atoms with Crippen molar-refractivity contribution in [2.45, 2.75) is 28.4 Å². The molecule has 0 aliphatic carbocycles. The molecule has 27 heavy (non-hydrogen) atoms. The van der Waals surface area contributed by atoms with Gasteiger partial charge in [0.15, 0.2) is 11.5 Å². The zero-order valence-corrected chi connectivity index (χ0v) is 16.3. The van der Waals surface area contributed by atoms with Gasteiger partial charge in [0.1, 0.15) is 0 Å². The normalized spacial score (nSPS) is 14.9. The summed E-state index contributed by atoms with van der Waals surface area (Å²) in [4.78, 5) is 13.3. The summed E-state index contributed by atoms with van der Waals surface area (Å²) in [5, 5.41) is 7.42. The third-order valence-corrected chi connectivity index (χ3v) is 5.84. The molecule has 1 aliphatic heterocycles. The number of nitrogens with two attached hydrogens (primary N) is 1. The van der Waals surface area contributed by atoms with Crippen LogP contribution in [0, 0.1) is 0 Å². The van der Waals surface area contributed by atoms with E-state index < -0.39 is 15.3 Å². The number of ether oxygens (including phenoxy) is 2. The number of sulfonamides is 1. The Morgan fingerprint density at radius 2 is 1.89 bits per heavy atom. The number of benzene rings is 2. The van der Waals surface area contributed by atoms with E-state index in [0.29, 0.717) is 30.4 Å². The van der Waals surface area contributed by atoms with Gasteiger partial charge in [-0.15, -0.1) is 11.8 Å². The molecule has 1 aliphatic rings. The second kappa shape index (κ2) is 8.20. The lowest BCUT2D eigenvalue weighted by molar-refractivity contribution is -0.115. The van der Waals surface area contributed by atoms with Gasteiger partial charge in [-0.2, -0.15) is 0 Å². The maximum absolute atomic E-state index is 12.5. The Bertz CT molecular complexity index is 947. The Kier molecular flexibility index (Phi) is 5.93. The number of hydrogen-bond acceptors (Lipinski definition) is 6. The lowest BCUT2D eigenvalue weighted by Crippen LogP contribution is -2.22. The summed E-state index contributed by atoms with van der Waals surface area (Å²) in [6.45, 7) is 2.99. The minimum atomic E-state index is -3.82. The van der Waals surface area contributed by atoms with Crippen LogP contribution in [0.4, 0.5) is 5.69 Å². The first kappa shape index (κ1) is 19.5. The van der Waals surface area contributed by atoms with Crippen LogP contribution in [0.3, 0.4) is 0 Å². The summed E-state index contributed by atoms with van der Waals surface area (Å²) in [5.41, 5.74) is 0.373. The van der Waals surface area contributed by atoms with Gasteiger partial charge in [-0.3, -0.25) is 4.79 Å². The first-order chi connectivity index (χ1) is 12.8.